The standard InChI is InChI=1S/C11H17NOS/c1-14-9-10(12)7-8-13-11-5-3-2-4-6-11/h2-6,10H,7-9,12H2,1H3. The van der Waals surface area contributed by atoms with Crippen LogP contribution in [0.5, 0.6) is 5.75 Å². The average Bonchev–Trinajstić information content (AvgIpc) is 2.20. The molecule has 0 saturated carbocycles. The molecule has 0 bridgehead atoms. The van der Waals surface area contributed by atoms with Crippen LogP contribution in [0.2, 0.25) is 0 Å². The van der Waals surface area contributed by atoms with Crippen LogP contribution < -0.4 is 10.5 Å². The number of rotatable bonds is 6. The number of hydrogen-bond donors (Lipinski definition) is 1. The molecule has 2 N–H and O–H groups in total. The summed E-state index contributed by atoms with van der Waals surface area (Å²) in [4.78, 5) is 0. The lowest BCUT2D eigenvalue weighted by molar-refractivity contribution is 0.302. The Morgan fingerprint density at radius 1 is 1.36 bits per heavy atom. The second-order valence-electron chi connectivity index (χ2n) is 3.17. The molecule has 1 aromatic carbocycles. The molecule has 0 aliphatic carbocycles. The highest BCUT2D eigenvalue weighted by Gasteiger charge is 2.01. The van der Waals surface area contributed by atoms with E-state index < -0.39 is 0 Å². The maximum atomic E-state index is 5.85. The summed E-state index contributed by atoms with van der Waals surface area (Å²) >= 11 is 1.78. The van der Waals surface area contributed by atoms with Crippen molar-refractivity contribution in [3.8, 4) is 5.75 Å². The highest BCUT2D eigenvalue weighted by molar-refractivity contribution is 7.98. The van der Waals surface area contributed by atoms with Gasteiger partial charge in [-0.2, -0.15) is 11.8 Å². The summed E-state index contributed by atoms with van der Waals surface area (Å²) < 4.78 is 5.53. The molecule has 0 aromatic heterocycles. The molecule has 0 heterocycles. The summed E-state index contributed by atoms with van der Waals surface area (Å²) in [5, 5.41) is 0. The van der Waals surface area contributed by atoms with E-state index in [1.54, 1.807) is 11.8 Å². The fraction of sp³-hybridized carbons (Fsp3) is 0.455. The van der Waals surface area contributed by atoms with Gasteiger partial charge in [-0.25, -0.2) is 0 Å². The lowest BCUT2D eigenvalue weighted by atomic mass is 10.3. The zero-order valence-electron chi connectivity index (χ0n) is 8.48. The molecule has 0 saturated heterocycles. The maximum Gasteiger partial charge on any atom is 0.119 e. The average molecular weight is 211 g/mol. The molecule has 2 nitrogen and oxygen atoms in total. The fourth-order valence-corrected chi connectivity index (χ4v) is 1.74. The Balaban J connectivity index is 2.16. The van der Waals surface area contributed by atoms with E-state index >= 15 is 0 Å². The van der Waals surface area contributed by atoms with Crippen LogP contribution in [0.1, 0.15) is 6.42 Å². The molecule has 3 heteroatoms. The van der Waals surface area contributed by atoms with Gasteiger partial charge in [0.15, 0.2) is 0 Å². The van der Waals surface area contributed by atoms with E-state index in [0.717, 1.165) is 17.9 Å². The Morgan fingerprint density at radius 3 is 2.71 bits per heavy atom. The molecule has 0 aliphatic rings. The molecule has 1 atom stereocenters. The summed E-state index contributed by atoms with van der Waals surface area (Å²) in [6.07, 6.45) is 2.98. The van der Waals surface area contributed by atoms with E-state index in [4.69, 9.17) is 10.5 Å². The third-order valence-corrected chi connectivity index (χ3v) is 2.64. The Kier molecular flexibility index (Phi) is 5.49. The van der Waals surface area contributed by atoms with E-state index in [1.165, 1.54) is 0 Å². The molecule has 0 aliphatic heterocycles. The van der Waals surface area contributed by atoms with Gasteiger partial charge in [0.2, 0.25) is 0 Å². The van der Waals surface area contributed by atoms with Crippen molar-refractivity contribution in [1.82, 2.24) is 0 Å². The molecule has 1 unspecified atom stereocenters. The van der Waals surface area contributed by atoms with Crippen molar-refractivity contribution in [2.75, 3.05) is 18.6 Å². The van der Waals surface area contributed by atoms with E-state index in [-0.39, 0.29) is 6.04 Å². The molecule has 78 valence electrons. The van der Waals surface area contributed by atoms with Gasteiger partial charge in [0.25, 0.3) is 0 Å². The van der Waals surface area contributed by atoms with E-state index in [0.29, 0.717) is 6.61 Å². The van der Waals surface area contributed by atoms with Crippen molar-refractivity contribution in [2.24, 2.45) is 5.73 Å². The predicted molar refractivity (Wildman–Crippen MR) is 62.9 cm³/mol. The van der Waals surface area contributed by atoms with Crippen molar-refractivity contribution < 1.29 is 4.74 Å². The molecule has 0 fully saturated rings. The van der Waals surface area contributed by atoms with Gasteiger partial charge in [0.1, 0.15) is 5.75 Å². The lowest BCUT2D eigenvalue weighted by Gasteiger charge is -2.10. The van der Waals surface area contributed by atoms with Gasteiger partial charge in [-0.1, -0.05) is 18.2 Å². The third kappa shape index (κ3) is 4.53. The predicted octanol–water partition coefficient (Wildman–Crippen LogP) is 2.15. The molecular weight excluding hydrogens is 194 g/mol. The second kappa shape index (κ2) is 6.74. The van der Waals surface area contributed by atoms with Crippen LogP contribution in [0.4, 0.5) is 0 Å². The number of hydrogen-bond acceptors (Lipinski definition) is 3. The third-order valence-electron chi connectivity index (χ3n) is 1.88. The molecular formula is C11H17NOS. The van der Waals surface area contributed by atoms with Gasteiger partial charge in [0.05, 0.1) is 6.61 Å². The molecule has 1 aromatic rings. The largest absolute Gasteiger partial charge is 0.494 e. The van der Waals surface area contributed by atoms with E-state index in [9.17, 15) is 0 Å². The zero-order valence-corrected chi connectivity index (χ0v) is 9.30. The highest BCUT2D eigenvalue weighted by atomic mass is 32.2. The number of para-hydroxylation sites is 1. The zero-order chi connectivity index (χ0) is 10.2. The minimum absolute atomic E-state index is 0.244. The molecule has 0 spiro atoms. The molecule has 0 radical (unpaired) electrons. The SMILES string of the molecule is CSCC(N)CCOc1ccccc1. The van der Waals surface area contributed by atoms with Gasteiger partial charge in [0, 0.05) is 11.8 Å². The Labute approximate surface area is 89.8 Å². The summed E-state index contributed by atoms with van der Waals surface area (Å²) in [7, 11) is 0. The van der Waals surface area contributed by atoms with Crippen LogP contribution in [-0.4, -0.2) is 24.7 Å². The molecule has 1 rings (SSSR count). The van der Waals surface area contributed by atoms with Crippen LogP contribution in [0.3, 0.4) is 0 Å². The first kappa shape index (κ1) is 11.4. The minimum atomic E-state index is 0.244. The first-order valence-electron chi connectivity index (χ1n) is 4.75. The van der Waals surface area contributed by atoms with Crippen molar-refractivity contribution >= 4 is 11.8 Å². The van der Waals surface area contributed by atoms with Crippen molar-refractivity contribution in [1.29, 1.82) is 0 Å². The van der Waals surface area contributed by atoms with Gasteiger partial charge >= 0.3 is 0 Å². The van der Waals surface area contributed by atoms with Crippen LogP contribution >= 0.6 is 11.8 Å². The number of thioether (sulfide) groups is 1. The van der Waals surface area contributed by atoms with Crippen molar-refractivity contribution in [3.05, 3.63) is 30.3 Å². The van der Waals surface area contributed by atoms with Gasteiger partial charge in [-0.15, -0.1) is 0 Å². The first-order valence-corrected chi connectivity index (χ1v) is 6.14. The Bertz CT molecular complexity index is 240. The summed E-state index contributed by atoms with van der Waals surface area (Å²) in [5.74, 6) is 1.92. The van der Waals surface area contributed by atoms with Gasteiger partial charge < -0.3 is 10.5 Å². The second-order valence-corrected chi connectivity index (χ2v) is 4.08. The Hall–Kier alpha value is -0.670. The minimum Gasteiger partial charge on any atom is -0.494 e. The normalized spacial score (nSPS) is 12.4. The summed E-state index contributed by atoms with van der Waals surface area (Å²) in [6, 6.07) is 10.1. The quantitative estimate of drug-likeness (QED) is 0.783. The van der Waals surface area contributed by atoms with Crippen LogP contribution in [-0.2, 0) is 0 Å². The summed E-state index contributed by atoms with van der Waals surface area (Å²) in [5.41, 5.74) is 5.85. The van der Waals surface area contributed by atoms with Gasteiger partial charge in [-0.05, 0) is 24.8 Å². The van der Waals surface area contributed by atoms with Crippen molar-refractivity contribution in [2.45, 2.75) is 12.5 Å². The van der Waals surface area contributed by atoms with Crippen LogP contribution in [0, 0.1) is 0 Å². The summed E-state index contributed by atoms with van der Waals surface area (Å²) in [6.45, 7) is 0.700. The number of nitrogens with two attached hydrogens (primary N) is 1. The van der Waals surface area contributed by atoms with Crippen molar-refractivity contribution in [3.63, 3.8) is 0 Å². The number of benzene rings is 1. The highest BCUT2D eigenvalue weighted by Crippen LogP contribution is 2.09. The molecule has 0 amide bonds. The first-order chi connectivity index (χ1) is 6.83. The fourth-order valence-electron chi connectivity index (χ4n) is 1.14. The topological polar surface area (TPSA) is 35.2 Å². The lowest BCUT2D eigenvalue weighted by Crippen LogP contribution is -2.25. The maximum absolute atomic E-state index is 5.85. The van der Waals surface area contributed by atoms with E-state index in [1.807, 2.05) is 30.3 Å². The Morgan fingerprint density at radius 2 is 2.07 bits per heavy atom. The monoisotopic (exact) mass is 211 g/mol. The van der Waals surface area contributed by atoms with E-state index in [2.05, 4.69) is 6.26 Å². The smallest absolute Gasteiger partial charge is 0.119 e. The molecule has 14 heavy (non-hydrogen) atoms. The van der Waals surface area contributed by atoms with Gasteiger partial charge in [-0.3, -0.25) is 0 Å². The van der Waals surface area contributed by atoms with Crippen LogP contribution in [0.25, 0.3) is 0 Å². The number of ether oxygens (including phenoxy) is 1. The van der Waals surface area contributed by atoms with Crippen LogP contribution in [0.15, 0.2) is 30.3 Å².